The highest BCUT2D eigenvalue weighted by Gasteiger charge is 2.71. The second-order valence-electron chi connectivity index (χ2n) is 8.78. The first-order valence-corrected chi connectivity index (χ1v) is 10.9. The number of carbonyl (C=O) groups excluding carboxylic acids is 5. The molecule has 2 saturated heterocycles. The maximum Gasteiger partial charge on any atom is 0.250 e. The van der Waals surface area contributed by atoms with E-state index in [1.54, 1.807) is 19.1 Å². The summed E-state index contributed by atoms with van der Waals surface area (Å²) in [6.07, 6.45) is -0.251. The highest BCUT2D eigenvalue weighted by Crippen LogP contribution is 2.55. The first kappa shape index (κ1) is 22.1. The minimum absolute atomic E-state index is 0.210. The molecule has 0 bridgehead atoms. The van der Waals surface area contributed by atoms with Crippen molar-refractivity contribution < 1.29 is 24.0 Å². The fourth-order valence-electron chi connectivity index (χ4n) is 5.41. The quantitative estimate of drug-likeness (QED) is 0.465. The van der Waals surface area contributed by atoms with Crippen LogP contribution in [0.15, 0.2) is 36.4 Å². The summed E-state index contributed by atoms with van der Waals surface area (Å²) in [6, 6.07) is 8.24. The van der Waals surface area contributed by atoms with Crippen LogP contribution in [0.5, 0.6) is 0 Å². The SMILES string of the molecule is Cc1cc(Cl)c2c(c1)[C@]1(N[C@H](CC(N)=O)[C@H]3C(=O)N(c4ccc(C(N)=O)cc4)C(=O)[C@@H]31)C(=O)N2. The monoisotopic (exact) mass is 481 g/mol. The standard InChI is InChI=1S/C23H20ClN5O5/c1-9-6-12-18(13(24)7-9)27-22(34)23(12)17-16(14(28-23)8-15(25)30)20(32)29(21(17)33)11-4-2-10(3-5-11)19(26)31/h2-7,14,16-17,28H,8H2,1H3,(H2,25,30)(H2,26,31)(H,27,34)/t14-,16-,17-,23-/m1/s1. The normalized spacial score (nSPS) is 27.2. The van der Waals surface area contributed by atoms with Crippen LogP contribution in [0.25, 0.3) is 0 Å². The Morgan fingerprint density at radius 2 is 1.76 bits per heavy atom. The van der Waals surface area contributed by atoms with E-state index in [2.05, 4.69) is 10.6 Å². The van der Waals surface area contributed by atoms with Crippen molar-refractivity contribution in [2.45, 2.75) is 24.9 Å². The molecule has 11 heteroatoms. The number of nitrogens with one attached hydrogen (secondary N) is 2. The van der Waals surface area contributed by atoms with E-state index >= 15 is 0 Å². The Bertz CT molecular complexity index is 1310. The number of hydrogen-bond acceptors (Lipinski definition) is 6. The van der Waals surface area contributed by atoms with Gasteiger partial charge < -0.3 is 16.8 Å². The van der Waals surface area contributed by atoms with Gasteiger partial charge in [0.1, 0.15) is 5.54 Å². The molecule has 1 spiro atoms. The van der Waals surface area contributed by atoms with E-state index in [4.69, 9.17) is 23.1 Å². The Kier molecular flexibility index (Phi) is 4.78. The predicted molar refractivity (Wildman–Crippen MR) is 122 cm³/mol. The number of carbonyl (C=O) groups is 5. The number of aryl methyl sites for hydroxylation is 1. The zero-order chi connectivity index (χ0) is 24.5. The van der Waals surface area contributed by atoms with Gasteiger partial charge in [0.05, 0.1) is 28.2 Å². The maximum absolute atomic E-state index is 13.8. The molecule has 2 aromatic rings. The van der Waals surface area contributed by atoms with Gasteiger partial charge in [-0.2, -0.15) is 0 Å². The first-order chi connectivity index (χ1) is 16.1. The molecule has 5 amide bonds. The van der Waals surface area contributed by atoms with Crippen LogP contribution in [0.4, 0.5) is 11.4 Å². The molecule has 34 heavy (non-hydrogen) atoms. The van der Waals surface area contributed by atoms with Crippen molar-refractivity contribution in [1.29, 1.82) is 0 Å². The zero-order valence-corrected chi connectivity index (χ0v) is 18.7. The Morgan fingerprint density at radius 3 is 2.38 bits per heavy atom. The van der Waals surface area contributed by atoms with Crippen LogP contribution in [0.3, 0.4) is 0 Å². The highest BCUT2D eigenvalue weighted by molar-refractivity contribution is 6.35. The molecule has 0 saturated carbocycles. The number of anilines is 2. The van der Waals surface area contributed by atoms with E-state index in [1.807, 2.05) is 0 Å². The largest absolute Gasteiger partial charge is 0.370 e. The van der Waals surface area contributed by atoms with Crippen molar-refractivity contribution >= 4 is 52.5 Å². The number of primary amides is 2. The van der Waals surface area contributed by atoms with Gasteiger partial charge in [-0.1, -0.05) is 17.7 Å². The van der Waals surface area contributed by atoms with E-state index in [9.17, 15) is 24.0 Å². The summed E-state index contributed by atoms with van der Waals surface area (Å²) in [6.45, 7) is 1.80. The summed E-state index contributed by atoms with van der Waals surface area (Å²) in [5.74, 6) is -5.22. The van der Waals surface area contributed by atoms with E-state index in [-0.39, 0.29) is 17.7 Å². The van der Waals surface area contributed by atoms with E-state index in [1.165, 1.54) is 24.3 Å². The second kappa shape index (κ2) is 7.37. The number of amides is 5. The minimum atomic E-state index is -1.61. The van der Waals surface area contributed by atoms with Crippen molar-refractivity contribution in [2.24, 2.45) is 23.3 Å². The van der Waals surface area contributed by atoms with Gasteiger partial charge in [-0.15, -0.1) is 0 Å². The van der Waals surface area contributed by atoms with Gasteiger partial charge in [0.15, 0.2) is 0 Å². The molecule has 3 heterocycles. The van der Waals surface area contributed by atoms with Crippen LogP contribution < -0.4 is 27.0 Å². The number of nitrogens with zero attached hydrogens (tertiary/aromatic N) is 1. The molecule has 6 N–H and O–H groups in total. The number of fused-ring (bicyclic) bond motifs is 4. The predicted octanol–water partition coefficient (Wildman–Crippen LogP) is 0.548. The number of nitrogens with two attached hydrogens (primary N) is 2. The van der Waals surface area contributed by atoms with E-state index in [0.717, 1.165) is 10.5 Å². The maximum atomic E-state index is 13.8. The zero-order valence-electron chi connectivity index (χ0n) is 17.9. The summed E-state index contributed by atoms with van der Waals surface area (Å²) in [4.78, 5) is 65.0. The van der Waals surface area contributed by atoms with E-state index < -0.39 is 53.0 Å². The van der Waals surface area contributed by atoms with Crippen molar-refractivity contribution in [3.8, 4) is 0 Å². The molecule has 3 aliphatic heterocycles. The third-order valence-electron chi connectivity index (χ3n) is 6.75. The molecule has 5 rings (SSSR count). The molecule has 3 aliphatic rings. The van der Waals surface area contributed by atoms with Gasteiger partial charge in [0, 0.05) is 23.6 Å². The lowest BCUT2D eigenvalue weighted by atomic mass is 9.76. The van der Waals surface area contributed by atoms with Crippen LogP contribution in [-0.2, 0) is 24.7 Å². The van der Waals surface area contributed by atoms with Crippen molar-refractivity contribution in [3.05, 3.63) is 58.1 Å². The average molecular weight is 482 g/mol. The van der Waals surface area contributed by atoms with Crippen molar-refractivity contribution in [1.82, 2.24) is 5.32 Å². The third kappa shape index (κ3) is 2.88. The molecule has 0 radical (unpaired) electrons. The van der Waals surface area contributed by atoms with Gasteiger partial charge in [0.2, 0.25) is 29.5 Å². The fourth-order valence-corrected chi connectivity index (χ4v) is 5.74. The topological polar surface area (TPSA) is 165 Å². The number of hydrogen-bond donors (Lipinski definition) is 4. The second-order valence-corrected chi connectivity index (χ2v) is 9.19. The van der Waals surface area contributed by atoms with Gasteiger partial charge >= 0.3 is 0 Å². The molecular formula is C23H20ClN5O5. The summed E-state index contributed by atoms with van der Waals surface area (Å²) in [5, 5.41) is 6.15. The summed E-state index contributed by atoms with van der Waals surface area (Å²) < 4.78 is 0. The molecule has 0 unspecified atom stereocenters. The Labute approximate surface area is 198 Å². The molecule has 174 valence electrons. The molecule has 2 fully saturated rings. The minimum Gasteiger partial charge on any atom is -0.370 e. The fraction of sp³-hybridized carbons (Fsp3) is 0.261. The van der Waals surface area contributed by atoms with Gasteiger partial charge in [-0.3, -0.25) is 29.3 Å². The third-order valence-corrected chi connectivity index (χ3v) is 7.05. The van der Waals surface area contributed by atoms with Crippen LogP contribution in [0, 0.1) is 18.8 Å². The summed E-state index contributed by atoms with van der Waals surface area (Å²) in [5.41, 5.74) is 11.1. The van der Waals surface area contributed by atoms with Crippen LogP contribution >= 0.6 is 11.6 Å². The molecule has 4 atom stereocenters. The first-order valence-electron chi connectivity index (χ1n) is 10.5. The molecule has 10 nitrogen and oxygen atoms in total. The summed E-state index contributed by atoms with van der Waals surface area (Å²) in [7, 11) is 0. The smallest absolute Gasteiger partial charge is 0.250 e. The summed E-state index contributed by atoms with van der Waals surface area (Å²) >= 11 is 6.38. The van der Waals surface area contributed by atoms with Crippen molar-refractivity contribution in [2.75, 3.05) is 10.2 Å². The van der Waals surface area contributed by atoms with Gasteiger partial charge in [0.25, 0.3) is 0 Å². The van der Waals surface area contributed by atoms with Crippen molar-refractivity contribution in [3.63, 3.8) is 0 Å². The van der Waals surface area contributed by atoms with Gasteiger partial charge in [-0.05, 0) is 42.8 Å². The molecular weight excluding hydrogens is 462 g/mol. The Hall–Kier alpha value is -3.76. The lowest BCUT2D eigenvalue weighted by Crippen LogP contribution is -2.53. The molecule has 0 aliphatic carbocycles. The van der Waals surface area contributed by atoms with Crippen LogP contribution in [-0.4, -0.2) is 35.6 Å². The lowest BCUT2D eigenvalue weighted by Gasteiger charge is -2.29. The Balaban J connectivity index is 1.66. The van der Waals surface area contributed by atoms with Crippen LogP contribution in [0.1, 0.15) is 27.9 Å². The number of rotatable bonds is 4. The highest BCUT2D eigenvalue weighted by atomic mass is 35.5. The lowest BCUT2D eigenvalue weighted by molar-refractivity contribution is -0.130. The van der Waals surface area contributed by atoms with Crippen LogP contribution in [0.2, 0.25) is 5.02 Å². The van der Waals surface area contributed by atoms with E-state index in [0.29, 0.717) is 16.3 Å². The number of benzene rings is 2. The average Bonchev–Trinajstić information content (AvgIpc) is 3.33. The number of halogens is 1. The molecule has 0 aromatic heterocycles. The van der Waals surface area contributed by atoms with Gasteiger partial charge in [-0.25, -0.2) is 4.90 Å². The Morgan fingerprint density at radius 1 is 1.09 bits per heavy atom. The molecule has 2 aromatic carbocycles. The number of imide groups is 1.